The molecule has 0 aromatic carbocycles. The molecule has 1 amide bonds. The molecule has 82 valence electrons. The molecule has 7 heteroatoms. The molecule has 1 aromatic heterocycles. The van der Waals surface area contributed by atoms with Crippen LogP contribution >= 0.6 is 11.8 Å². The van der Waals surface area contributed by atoms with Gasteiger partial charge in [-0.2, -0.15) is 4.98 Å². The van der Waals surface area contributed by atoms with Crippen molar-refractivity contribution in [2.45, 2.75) is 5.22 Å². The summed E-state index contributed by atoms with van der Waals surface area (Å²) >= 11 is 1.28. The number of carbonyl (C=O) groups excluding carboxylic acids is 1. The Morgan fingerprint density at radius 3 is 3.07 bits per heavy atom. The van der Waals surface area contributed by atoms with Gasteiger partial charge in [-0.1, -0.05) is 16.9 Å². The highest BCUT2D eigenvalue weighted by atomic mass is 32.2. The number of nitrogens with zero attached hydrogens (tertiary/aromatic N) is 3. The van der Waals surface area contributed by atoms with Gasteiger partial charge >= 0.3 is 0 Å². The normalized spacial score (nSPS) is 16.7. The molecule has 1 aromatic rings. The fraction of sp³-hybridized carbons (Fsp3) is 0.625. The van der Waals surface area contributed by atoms with Gasteiger partial charge in [-0.3, -0.25) is 4.79 Å². The fourth-order valence-electron chi connectivity index (χ4n) is 1.36. The van der Waals surface area contributed by atoms with E-state index in [0.717, 1.165) is 26.2 Å². The molecule has 0 spiro atoms. The number of piperazine rings is 1. The van der Waals surface area contributed by atoms with Crippen LogP contribution in [0.1, 0.15) is 0 Å². The van der Waals surface area contributed by atoms with Crippen LogP contribution in [0.2, 0.25) is 0 Å². The summed E-state index contributed by atoms with van der Waals surface area (Å²) in [5, 5.41) is 7.11. The van der Waals surface area contributed by atoms with E-state index in [0.29, 0.717) is 11.0 Å². The molecule has 15 heavy (non-hydrogen) atoms. The van der Waals surface area contributed by atoms with Crippen LogP contribution in [0, 0.1) is 0 Å². The summed E-state index contributed by atoms with van der Waals surface area (Å²) in [6, 6.07) is 0. The van der Waals surface area contributed by atoms with E-state index in [1.54, 1.807) is 0 Å². The predicted molar refractivity (Wildman–Crippen MR) is 54.5 cm³/mol. The second-order valence-electron chi connectivity index (χ2n) is 3.13. The van der Waals surface area contributed by atoms with Gasteiger partial charge in [0.25, 0.3) is 5.22 Å². The van der Waals surface area contributed by atoms with Gasteiger partial charge in [-0.25, -0.2) is 0 Å². The summed E-state index contributed by atoms with van der Waals surface area (Å²) in [6.07, 6.45) is 1.33. The molecule has 0 unspecified atom stereocenters. The second kappa shape index (κ2) is 5.13. The third-order valence-electron chi connectivity index (χ3n) is 2.13. The molecule has 0 bridgehead atoms. The van der Waals surface area contributed by atoms with E-state index in [9.17, 15) is 4.79 Å². The van der Waals surface area contributed by atoms with Crippen LogP contribution in [0.4, 0.5) is 0 Å². The lowest BCUT2D eigenvalue weighted by Crippen LogP contribution is -2.47. The molecule has 0 atom stereocenters. The number of amides is 1. The smallest absolute Gasteiger partial charge is 0.285 e. The van der Waals surface area contributed by atoms with Crippen LogP contribution in [0.15, 0.2) is 16.1 Å². The monoisotopic (exact) mass is 228 g/mol. The topological polar surface area (TPSA) is 71.3 Å². The first kappa shape index (κ1) is 10.4. The van der Waals surface area contributed by atoms with Crippen molar-refractivity contribution in [2.24, 2.45) is 0 Å². The molecule has 2 rings (SSSR count). The van der Waals surface area contributed by atoms with Crippen LogP contribution in [-0.4, -0.2) is 52.9 Å². The van der Waals surface area contributed by atoms with E-state index in [1.165, 1.54) is 18.1 Å². The number of rotatable bonds is 3. The Kier molecular flexibility index (Phi) is 3.57. The highest BCUT2D eigenvalue weighted by Crippen LogP contribution is 2.14. The van der Waals surface area contributed by atoms with Crippen LogP contribution in [0.3, 0.4) is 0 Å². The van der Waals surface area contributed by atoms with E-state index in [2.05, 4.69) is 15.5 Å². The average Bonchev–Trinajstić information content (AvgIpc) is 2.80. The zero-order valence-electron chi connectivity index (χ0n) is 8.18. The van der Waals surface area contributed by atoms with Crippen LogP contribution in [-0.2, 0) is 4.79 Å². The molecule has 6 nitrogen and oxygen atoms in total. The van der Waals surface area contributed by atoms with E-state index >= 15 is 0 Å². The highest BCUT2D eigenvalue weighted by molar-refractivity contribution is 7.99. The summed E-state index contributed by atoms with van der Waals surface area (Å²) in [6.45, 7) is 3.31. The lowest BCUT2D eigenvalue weighted by molar-refractivity contribution is -0.128. The average molecular weight is 228 g/mol. The molecule has 0 saturated carbocycles. The lowest BCUT2D eigenvalue weighted by Gasteiger charge is -2.27. The maximum atomic E-state index is 11.7. The Labute approximate surface area is 91.4 Å². The molecule has 1 aliphatic rings. The third kappa shape index (κ3) is 2.93. The van der Waals surface area contributed by atoms with Crippen molar-refractivity contribution in [3.63, 3.8) is 0 Å². The summed E-state index contributed by atoms with van der Waals surface area (Å²) in [4.78, 5) is 17.4. The minimum absolute atomic E-state index is 0.125. The van der Waals surface area contributed by atoms with Gasteiger partial charge in [0, 0.05) is 26.2 Å². The van der Waals surface area contributed by atoms with E-state index in [1.807, 2.05) is 4.90 Å². The summed E-state index contributed by atoms with van der Waals surface area (Å²) in [5.41, 5.74) is 0. The van der Waals surface area contributed by atoms with Crippen molar-refractivity contribution in [3.8, 4) is 0 Å². The van der Waals surface area contributed by atoms with E-state index in [-0.39, 0.29) is 5.91 Å². The molecule has 0 aliphatic carbocycles. The third-order valence-corrected chi connectivity index (χ3v) is 2.95. The molecule has 1 aliphatic heterocycles. The Hall–Kier alpha value is -1.08. The fourth-order valence-corrected chi connectivity index (χ4v) is 2.00. The molecule has 0 radical (unpaired) electrons. The number of aromatic nitrogens is 2. The van der Waals surface area contributed by atoms with Gasteiger partial charge in [-0.15, -0.1) is 0 Å². The van der Waals surface area contributed by atoms with Crippen molar-refractivity contribution in [2.75, 3.05) is 31.9 Å². The van der Waals surface area contributed by atoms with Crippen LogP contribution in [0.25, 0.3) is 0 Å². The molecule has 1 N–H and O–H groups in total. The Morgan fingerprint density at radius 2 is 2.40 bits per heavy atom. The first-order chi connectivity index (χ1) is 7.36. The molecular weight excluding hydrogens is 216 g/mol. The Bertz CT molecular complexity index is 310. The first-order valence-electron chi connectivity index (χ1n) is 4.74. The van der Waals surface area contributed by atoms with Crippen molar-refractivity contribution >= 4 is 17.7 Å². The van der Waals surface area contributed by atoms with Crippen molar-refractivity contribution in [1.82, 2.24) is 20.4 Å². The van der Waals surface area contributed by atoms with Gasteiger partial charge in [0.15, 0.2) is 6.33 Å². The number of hydrogen-bond acceptors (Lipinski definition) is 6. The maximum Gasteiger partial charge on any atom is 0.285 e. The van der Waals surface area contributed by atoms with Gasteiger partial charge < -0.3 is 14.7 Å². The van der Waals surface area contributed by atoms with Crippen molar-refractivity contribution < 1.29 is 9.32 Å². The van der Waals surface area contributed by atoms with E-state index < -0.39 is 0 Å². The predicted octanol–water partition coefficient (Wildman–Crippen LogP) is -0.407. The summed E-state index contributed by atoms with van der Waals surface area (Å²) in [7, 11) is 0. The molecule has 2 heterocycles. The van der Waals surface area contributed by atoms with Crippen molar-refractivity contribution in [1.29, 1.82) is 0 Å². The van der Waals surface area contributed by atoms with Crippen molar-refractivity contribution in [3.05, 3.63) is 6.33 Å². The van der Waals surface area contributed by atoms with Crippen LogP contribution < -0.4 is 5.32 Å². The van der Waals surface area contributed by atoms with Gasteiger partial charge in [0.1, 0.15) is 0 Å². The maximum absolute atomic E-state index is 11.7. The number of nitrogens with one attached hydrogen (secondary N) is 1. The van der Waals surface area contributed by atoms with Gasteiger partial charge in [0.2, 0.25) is 5.91 Å². The second-order valence-corrected chi connectivity index (χ2v) is 4.05. The summed E-state index contributed by atoms with van der Waals surface area (Å²) in [5.74, 6) is 0.488. The van der Waals surface area contributed by atoms with Gasteiger partial charge in [-0.05, 0) is 0 Å². The molecule has 1 fully saturated rings. The standard InChI is InChI=1S/C8H12N4O2S/c13-7(12-3-1-9-2-4-12)5-15-8-10-6-11-14-8/h6,9H,1-5H2. The first-order valence-corrected chi connectivity index (χ1v) is 5.73. The van der Waals surface area contributed by atoms with Gasteiger partial charge in [0.05, 0.1) is 5.75 Å². The molecular formula is C8H12N4O2S. The zero-order valence-corrected chi connectivity index (χ0v) is 9.00. The SMILES string of the molecule is O=C(CSc1ncno1)N1CCNCC1. The van der Waals surface area contributed by atoms with Crippen LogP contribution in [0.5, 0.6) is 0 Å². The Morgan fingerprint density at radius 1 is 1.60 bits per heavy atom. The quantitative estimate of drug-likeness (QED) is 0.709. The number of hydrogen-bond donors (Lipinski definition) is 1. The Balaban J connectivity index is 1.76. The number of thioether (sulfide) groups is 1. The highest BCUT2D eigenvalue weighted by Gasteiger charge is 2.16. The largest absolute Gasteiger partial charge is 0.339 e. The number of carbonyl (C=O) groups is 1. The summed E-state index contributed by atoms with van der Waals surface area (Å²) < 4.78 is 4.79. The lowest BCUT2D eigenvalue weighted by atomic mass is 10.3. The van der Waals surface area contributed by atoms with E-state index in [4.69, 9.17) is 4.52 Å². The minimum Gasteiger partial charge on any atom is -0.339 e. The zero-order chi connectivity index (χ0) is 10.5. The minimum atomic E-state index is 0.125. The molecule has 1 saturated heterocycles.